The van der Waals surface area contributed by atoms with E-state index in [4.69, 9.17) is 6.42 Å². The molecule has 0 aromatic carbocycles. The summed E-state index contributed by atoms with van der Waals surface area (Å²) in [5.41, 5.74) is 0.401. The summed E-state index contributed by atoms with van der Waals surface area (Å²) < 4.78 is 0. The lowest BCUT2D eigenvalue weighted by Crippen LogP contribution is -1.92. The summed E-state index contributed by atoms with van der Waals surface area (Å²) in [6.45, 7) is 3.19. The van der Waals surface area contributed by atoms with Crippen molar-refractivity contribution in [3.05, 3.63) is 11.8 Å². The number of allylic oxidation sites excluding steroid dienone is 2. The van der Waals surface area contributed by atoms with Crippen molar-refractivity contribution >= 4 is 12.0 Å². The Morgan fingerprint density at radius 3 is 2.60 bits per heavy atom. The number of terminal acetylenes is 1. The molecule has 0 spiro atoms. The van der Waals surface area contributed by atoms with Crippen LogP contribution in [0.4, 0.5) is 0 Å². The van der Waals surface area contributed by atoms with Gasteiger partial charge in [-0.25, -0.2) is 4.99 Å². The van der Waals surface area contributed by atoms with Crippen LogP contribution in [0.1, 0.15) is 13.8 Å². The highest BCUT2D eigenvalue weighted by atomic mass is 16.1. The van der Waals surface area contributed by atoms with Crippen LogP contribution in [0.15, 0.2) is 16.8 Å². The van der Waals surface area contributed by atoms with Gasteiger partial charge in [0.2, 0.25) is 0 Å². The number of carbonyl (C=O) groups is 1. The fraction of sp³-hybridized carbons (Fsp3) is 0.250. The molecule has 0 heterocycles. The van der Waals surface area contributed by atoms with Crippen molar-refractivity contribution in [2.75, 3.05) is 0 Å². The van der Waals surface area contributed by atoms with E-state index >= 15 is 0 Å². The van der Waals surface area contributed by atoms with Gasteiger partial charge in [0.05, 0.1) is 6.21 Å². The van der Waals surface area contributed by atoms with E-state index in [0.717, 1.165) is 0 Å². The molecule has 0 rings (SSSR count). The first-order valence-electron chi connectivity index (χ1n) is 2.88. The molecular formula is C8H9NO. The fourth-order valence-electron chi connectivity index (χ4n) is 0.476. The van der Waals surface area contributed by atoms with Crippen molar-refractivity contribution in [1.82, 2.24) is 0 Å². The molecule has 0 amide bonds. The van der Waals surface area contributed by atoms with Crippen molar-refractivity contribution in [2.45, 2.75) is 13.8 Å². The van der Waals surface area contributed by atoms with Gasteiger partial charge in [-0.1, -0.05) is 12.0 Å². The Hall–Kier alpha value is -1.36. The minimum absolute atomic E-state index is 0.0750. The van der Waals surface area contributed by atoms with Gasteiger partial charge in [0.15, 0.2) is 5.78 Å². The lowest BCUT2D eigenvalue weighted by atomic mass is 10.3. The highest BCUT2D eigenvalue weighted by molar-refractivity contribution is 5.95. The van der Waals surface area contributed by atoms with E-state index in [1.54, 1.807) is 13.0 Å². The molecule has 0 aliphatic carbocycles. The largest absolute Gasteiger partial charge is 0.293 e. The highest BCUT2D eigenvalue weighted by Gasteiger charge is 1.95. The molecule has 2 nitrogen and oxygen atoms in total. The maximum absolute atomic E-state index is 10.6. The Bertz CT molecular complexity index is 218. The molecule has 0 bridgehead atoms. The van der Waals surface area contributed by atoms with E-state index < -0.39 is 0 Å². The van der Waals surface area contributed by atoms with Crippen LogP contribution in [0.3, 0.4) is 0 Å². The predicted octanol–water partition coefficient (Wildman–Crippen LogP) is 1.18. The first-order chi connectivity index (χ1) is 4.72. The van der Waals surface area contributed by atoms with Crippen LogP contribution in [0, 0.1) is 12.3 Å². The van der Waals surface area contributed by atoms with Crippen molar-refractivity contribution < 1.29 is 4.79 Å². The van der Waals surface area contributed by atoms with E-state index in [1.165, 1.54) is 13.1 Å². The van der Waals surface area contributed by atoms with Gasteiger partial charge in [-0.2, -0.15) is 0 Å². The molecule has 0 aromatic rings. The lowest BCUT2D eigenvalue weighted by molar-refractivity contribution is -0.113. The third-order valence-corrected chi connectivity index (χ3v) is 0.912. The molecule has 52 valence electrons. The Morgan fingerprint density at radius 1 is 1.70 bits per heavy atom. The van der Waals surface area contributed by atoms with E-state index in [1.807, 2.05) is 0 Å². The second kappa shape index (κ2) is 4.51. The third kappa shape index (κ3) is 2.83. The van der Waals surface area contributed by atoms with Gasteiger partial charge in [-0.3, -0.25) is 4.79 Å². The average molecular weight is 135 g/mol. The average Bonchev–Trinajstić information content (AvgIpc) is 1.89. The van der Waals surface area contributed by atoms with Crippen molar-refractivity contribution in [3.63, 3.8) is 0 Å². The number of aliphatic imine (C=N–C) groups is 1. The van der Waals surface area contributed by atoms with E-state index in [9.17, 15) is 4.79 Å². The second-order valence-corrected chi connectivity index (χ2v) is 1.65. The maximum Gasteiger partial charge on any atom is 0.177 e. The van der Waals surface area contributed by atoms with Crippen LogP contribution in [0.2, 0.25) is 0 Å². The van der Waals surface area contributed by atoms with Gasteiger partial charge in [0.1, 0.15) is 5.70 Å². The van der Waals surface area contributed by atoms with Gasteiger partial charge < -0.3 is 0 Å². The molecule has 0 unspecified atom stereocenters. The molecule has 10 heavy (non-hydrogen) atoms. The van der Waals surface area contributed by atoms with Crippen LogP contribution in [0.5, 0.6) is 0 Å². The Balaban J connectivity index is 4.30. The Labute approximate surface area is 60.7 Å². The number of nitrogens with zero attached hydrogens (tertiary/aromatic N) is 1. The molecule has 0 saturated heterocycles. The van der Waals surface area contributed by atoms with Crippen molar-refractivity contribution in [3.8, 4) is 12.3 Å². The summed E-state index contributed by atoms with van der Waals surface area (Å²) in [5, 5.41) is 0. The summed E-state index contributed by atoms with van der Waals surface area (Å²) in [6, 6.07) is 0. The summed E-state index contributed by atoms with van der Waals surface area (Å²) in [7, 11) is 0. The number of ketones is 1. The van der Waals surface area contributed by atoms with Crippen molar-refractivity contribution in [2.24, 2.45) is 4.99 Å². The van der Waals surface area contributed by atoms with E-state index in [0.29, 0.717) is 5.70 Å². The molecule has 0 fully saturated rings. The van der Waals surface area contributed by atoms with Crippen molar-refractivity contribution in [1.29, 1.82) is 0 Å². The first kappa shape index (κ1) is 8.64. The third-order valence-electron chi connectivity index (χ3n) is 0.912. The smallest absolute Gasteiger partial charge is 0.177 e. The number of rotatable bonds is 2. The molecule has 0 aliphatic rings. The second-order valence-electron chi connectivity index (χ2n) is 1.65. The molecule has 0 N–H and O–H groups in total. The monoisotopic (exact) mass is 135 g/mol. The maximum atomic E-state index is 10.6. The quantitative estimate of drug-likeness (QED) is 0.317. The molecule has 0 saturated carbocycles. The summed E-state index contributed by atoms with van der Waals surface area (Å²) in [4.78, 5) is 14.3. The minimum atomic E-state index is -0.0750. The predicted molar refractivity (Wildman–Crippen MR) is 41.8 cm³/mol. The molecule has 0 radical (unpaired) electrons. The van der Waals surface area contributed by atoms with Crippen LogP contribution in [0.25, 0.3) is 0 Å². The topological polar surface area (TPSA) is 29.4 Å². The van der Waals surface area contributed by atoms with Crippen LogP contribution < -0.4 is 0 Å². The number of hydrogen-bond donors (Lipinski definition) is 0. The molecule has 2 heteroatoms. The summed E-state index contributed by atoms with van der Waals surface area (Å²) in [6.07, 6.45) is 7.78. The fourth-order valence-corrected chi connectivity index (χ4v) is 0.476. The van der Waals surface area contributed by atoms with Gasteiger partial charge in [-0.15, -0.1) is 6.42 Å². The number of carbonyl (C=O) groups excluding carboxylic acids is 1. The Morgan fingerprint density at radius 2 is 2.30 bits per heavy atom. The van der Waals surface area contributed by atoms with E-state index in [-0.39, 0.29) is 5.78 Å². The summed E-state index contributed by atoms with van der Waals surface area (Å²) >= 11 is 0. The number of hydrogen-bond acceptors (Lipinski definition) is 2. The van der Waals surface area contributed by atoms with Gasteiger partial charge in [-0.05, 0) is 6.92 Å². The number of Topliss-reactive ketones (excluding diaryl/α,β-unsaturated/α-hetero) is 1. The highest BCUT2D eigenvalue weighted by Crippen LogP contribution is 1.95. The SMILES string of the molecule is C#C/C=N\C(=C/C)C(C)=O. The zero-order chi connectivity index (χ0) is 7.98. The Kier molecular flexibility index (Phi) is 3.90. The van der Waals surface area contributed by atoms with Gasteiger partial charge >= 0.3 is 0 Å². The van der Waals surface area contributed by atoms with Crippen LogP contribution >= 0.6 is 0 Å². The van der Waals surface area contributed by atoms with Gasteiger partial charge in [0, 0.05) is 6.92 Å². The summed E-state index contributed by atoms with van der Waals surface area (Å²) in [5.74, 6) is 2.13. The molecular weight excluding hydrogens is 126 g/mol. The first-order valence-corrected chi connectivity index (χ1v) is 2.88. The zero-order valence-electron chi connectivity index (χ0n) is 6.09. The standard InChI is InChI=1S/C8H9NO/c1-4-6-9-8(5-2)7(3)10/h1,5-6H,2-3H3/b8-5-,9-6-. The van der Waals surface area contributed by atoms with Crippen LogP contribution in [-0.4, -0.2) is 12.0 Å². The molecule has 0 aromatic heterocycles. The minimum Gasteiger partial charge on any atom is -0.293 e. The van der Waals surface area contributed by atoms with Crippen LogP contribution in [-0.2, 0) is 4.79 Å². The lowest BCUT2D eigenvalue weighted by Gasteiger charge is -1.89. The normalized spacial score (nSPS) is 11.5. The zero-order valence-corrected chi connectivity index (χ0v) is 6.09. The molecule has 0 aliphatic heterocycles. The van der Waals surface area contributed by atoms with Gasteiger partial charge in [0.25, 0.3) is 0 Å². The molecule has 0 atom stereocenters. The van der Waals surface area contributed by atoms with E-state index in [2.05, 4.69) is 10.9 Å².